The van der Waals surface area contributed by atoms with Crippen LogP contribution in [-0.2, 0) is 19.5 Å². The average molecular weight is 327 g/mol. The van der Waals surface area contributed by atoms with Gasteiger partial charge in [0, 0.05) is 13.1 Å². The molecule has 0 aliphatic carbocycles. The summed E-state index contributed by atoms with van der Waals surface area (Å²) in [6.07, 6.45) is -0.468. The molecule has 0 unspecified atom stereocenters. The molecule has 1 aromatic carbocycles. The Hall–Kier alpha value is -1.48. The van der Waals surface area contributed by atoms with Crippen LogP contribution in [0.5, 0.6) is 0 Å². The molecule has 2 fully saturated rings. The third-order valence-corrected chi connectivity index (χ3v) is 5.96. The van der Waals surface area contributed by atoms with Gasteiger partial charge in [-0.15, -0.1) is 0 Å². The molecule has 0 aromatic heterocycles. The minimum atomic E-state index is -3.69. The highest BCUT2D eigenvalue weighted by Gasteiger charge is 2.42. The fourth-order valence-corrected chi connectivity index (χ4v) is 4.51. The third kappa shape index (κ3) is 2.63. The molecule has 0 amide bonds. The van der Waals surface area contributed by atoms with Crippen LogP contribution in [0.3, 0.4) is 0 Å². The van der Waals surface area contributed by atoms with E-state index in [9.17, 15) is 13.2 Å². The normalized spacial score (nSPS) is 25.9. The summed E-state index contributed by atoms with van der Waals surface area (Å²) in [4.78, 5) is 11.1. The van der Waals surface area contributed by atoms with Crippen LogP contribution in [0.25, 0.3) is 0 Å². The van der Waals surface area contributed by atoms with E-state index in [-0.39, 0.29) is 35.8 Å². The van der Waals surface area contributed by atoms with Gasteiger partial charge in [0.25, 0.3) is 0 Å². The lowest BCUT2D eigenvalue weighted by Crippen LogP contribution is -2.36. The first-order valence-corrected chi connectivity index (χ1v) is 8.41. The van der Waals surface area contributed by atoms with E-state index in [4.69, 9.17) is 14.6 Å². The number of fused-ring (bicyclic) bond motifs is 1. The van der Waals surface area contributed by atoms with Gasteiger partial charge in [-0.25, -0.2) is 13.2 Å². The van der Waals surface area contributed by atoms with Crippen LogP contribution in [0.2, 0.25) is 0 Å². The summed E-state index contributed by atoms with van der Waals surface area (Å²) in [6, 6.07) is 4.02. The molecular weight excluding hydrogens is 310 g/mol. The van der Waals surface area contributed by atoms with Crippen molar-refractivity contribution in [3.63, 3.8) is 0 Å². The lowest BCUT2D eigenvalue weighted by molar-refractivity contribution is -0.116. The Morgan fingerprint density at radius 2 is 1.82 bits per heavy atom. The summed E-state index contributed by atoms with van der Waals surface area (Å²) in [6.45, 7) is 3.05. The SMILES string of the molecule is Cc1cc(C(=O)O)ccc1S(=O)(=O)N1C[C@@H]2OCCO[C@@H]2C1. The second-order valence-corrected chi connectivity index (χ2v) is 7.33. The van der Waals surface area contributed by atoms with E-state index in [1.807, 2.05) is 0 Å². The molecule has 120 valence electrons. The minimum absolute atomic E-state index is 0.0678. The first-order valence-electron chi connectivity index (χ1n) is 6.97. The van der Waals surface area contributed by atoms with Gasteiger partial charge in [-0.3, -0.25) is 0 Å². The van der Waals surface area contributed by atoms with Crippen molar-refractivity contribution in [1.29, 1.82) is 0 Å². The number of aromatic carboxylic acids is 1. The van der Waals surface area contributed by atoms with Crippen molar-refractivity contribution in [3.8, 4) is 0 Å². The number of rotatable bonds is 3. The summed E-state index contributed by atoms with van der Waals surface area (Å²) in [5, 5.41) is 8.96. The van der Waals surface area contributed by atoms with Gasteiger partial charge in [0.2, 0.25) is 10.0 Å². The number of ether oxygens (including phenoxy) is 2. The molecule has 2 atom stereocenters. The van der Waals surface area contributed by atoms with Crippen LogP contribution in [-0.4, -0.2) is 62.3 Å². The highest BCUT2D eigenvalue weighted by Crippen LogP contribution is 2.28. The number of carboxylic acid groups (broad SMARTS) is 1. The van der Waals surface area contributed by atoms with Gasteiger partial charge in [-0.2, -0.15) is 4.31 Å². The van der Waals surface area contributed by atoms with E-state index in [0.717, 1.165) is 0 Å². The first kappa shape index (κ1) is 15.4. The van der Waals surface area contributed by atoms with Crippen LogP contribution in [0, 0.1) is 6.92 Å². The fourth-order valence-electron chi connectivity index (χ4n) is 2.84. The number of carboxylic acids is 1. The van der Waals surface area contributed by atoms with Crippen molar-refractivity contribution in [2.24, 2.45) is 0 Å². The van der Waals surface area contributed by atoms with Crippen molar-refractivity contribution in [3.05, 3.63) is 29.3 Å². The van der Waals surface area contributed by atoms with Crippen molar-refractivity contribution < 1.29 is 27.8 Å². The highest BCUT2D eigenvalue weighted by atomic mass is 32.2. The van der Waals surface area contributed by atoms with Gasteiger partial charge in [0.05, 0.1) is 35.9 Å². The molecule has 0 bridgehead atoms. The molecule has 3 rings (SSSR count). The van der Waals surface area contributed by atoms with Crippen LogP contribution in [0.15, 0.2) is 23.1 Å². The number of benzene rings is 1. The van der Waals surface area contributed by atoms with Gasteiger partial charge in [0.15, 0.2) is 0 Å². The van der Waals surface area contributed by atoms with Gasteiger partial charge in [-0.05, 0) is 30.7 Å². The Morgan fingerprint density at radius 3 is 2.32 bits per heavy atom. The van der Waals surface area contributed by atoms with Crippen molar-refractivity contribution in [2.45, 2.75) is 24.0 Å². The van der Waals surface area contributed by atoms with E-state index in [1.54, 1.807) is 6.92 Å². The molecule has 1 aromatic rings. The Labute approximate surface area is 128 Å². The van der Waals surface area contributed by atoms with Gasteiger partial charge < -0.3 is 14.6 Å². The predicted octanol–water partition coefficient (Wildman–Crippen LogP) is 0.482. The second kappa shape index (κ2) is 5.62. The second-order valence-electron chi connectivity index (χ2n) is 5.43. The Balaban J connectivity index is 1.89. The van der Waals surface area contributed by atoms with Crippen LogP contribution in [0.1, 0.15) is 15.9 Å². The summed E-state index contributed by atoms with van der Waals surface area (Å²) >= 11 is 0. The Kier molecular flexibility index (Phi) is 3.94. The lowest BCUT2D eigenvalue weighted by atomic mass is 10.1. The number of hydrogen-bond donors (Lipinski definition) is 1. The quantitative estimate of drug-likeness (QED) is 0.868. The minimum Gasteiger partial charge on any atom is -0.478 e. The van der Waals surface area contributed by atoms with Crippen molar-refractivity contribution in [1.82, 2.24) is 4.31 Å². The summed E-state index contributed by atoms with van der Waals surface area (Å²) < 4.78 is 37.9. The number of aryl methyl sites for hydroxylation is 1. The number of nitrogens with zero attached hydrogens (tertiary/aromatic N) is 1. The van der Waals surface area contributed by atoms with E-state index in [1.165, 1.54) is 22.5 Å². The molecule has 0 radical (unpaired) electrons. The Morgan fingerprint density at radius 1 is 1.23 bits per heavy atom. The molecule has 22 heavy (non-hydrogen) atoms. The maximum Gasteiger partial charge on any atom is 0.335 e. The van der Waals surface area contributed by atoms with Crippen LogP contribution < -0.4 is 0 Å². The number of hydrogen-bond acceptors (Lipinski definition) is 5. The molecule has 2 aliphatic heterocycles. The number of carbonyl (C=O) groups is 1. The zero-order valence-electron chi connectivity index (χ0n) is 12.1. The lowest BCUT2D eigenvalue weighted by Gasteiger charge is -2.24. The van der Waals surface area contributed by atoms with E-state index >= 15 is 0 Å². The molecule has 2 aliphatic rings. The topological polar surface area (TPSA) is 93.1 Å². The van der Waals surface area contributed by atoms with Crippen molar-refractivity contribution in [2.75, 3.05) is 26.3 Å². The van der Waals surface area contributed by atoms with E-state index in [0.29, 0.717) is 18.8 Å². The van der Waals surface area contributed by atoms with Crippen molar-refractivity contribution >= 4 is 16.0 Å². The van der Waals surface area contributed by atoms with Gasteiger partial charge in [0.1, 0.15) is 0 Å². The summed E-state index contributed by atoms with van der Waals surface area (Å²) in [7, 11) is -3.69. The highest BCUT2D eigenvalue weighted by molar-refractivity contribution is 7.89. The van der Waals surface area contributed by atoms with E-state index < -0.39 is 16.0 Å². The zero-order chi connectivity index (χ0) is 15.9. The molecule has 1 N–H and O–H groups in total. The molecule has 0 spiro atoms. The maximum atomic E-state index is 12.7. The third-order valence-electron chi connectivity index (χ3n) is 3.97. The average Bonchev–Trinajstić information content (AvgIpc) is 2.91. The van der Waals surface area contributed by atoms with Gasteiger partial charge in [-0.1, -0.05) is 0 Å². The van der Waals surface area contributed by atoms with Crippen LogP contribution >= 0.6 is 0 Å². The standard InChI is InChI=1S/C14H17NO6S/c1-9-6-10(14(16)17)2-3-13(9)22(18,19)15-7-11-12(8-15)21-5-4-20-11/h2-3,6,11-12H,4-5,7-8H2,1H3,(H,16,17)/t11-,12+. The summed E-state index contributed by atoms with van der Waals surface area (Å²) in [5.41, 5.74) is 0.481. The molecular formula is C14H17NO6S. The smallest absolute Gasteiger partial charge is 0.335 e. The zero-order valence-corrected chi connectivity index (χ0v) is 12.9. The maximum absolute atomic E-state index is 12.7. The molecule has 2 saturated heterocycles. The largest absolute Gasteiger partial charge is 0.478 e. The predicted molar refractivity (Wildman–Crippen MR) is 76.4 cm³/mol. The molecule has 2 heterocycles. The molecule has 8 heteroatoms. The number of sulfonamides is 1. The molecule has 7 nitrogen and oxygen atoms in total. The van der Waals surface area contributed by atoms with E-state index in [2.05, 4.69) is 0 Å². The molecule has 0 saturated carbocycles. The van der Waals surface area contributed by atoms with Crippen LogP contribution in [0.4, 0.5) is 0 Å². The fraction of sp³-hybridized carbons (Fsp3) is 0.500. The Bertz CT molecular complexity index is 687. The monoisotopic (exact) mass is 327 g/mol. The van der Waals surface area contributed by atoms with Gasteiger partial charge >= 0.3 is 5.97 Å². The summed E-state index contributed by atoms with van der Waals surface area (Å²) in [5.74, 6) is -1.08. The first-order chi connectivity index (χ1) is 10.4.